The Bertz CT molecular complexity index is 602. The first kappa shape index (κ1) is 12.1. The zero-order valence-corrected chi connectivity index (χ0v) is 9.98. The van der Waals surface area contributed by atoms with Crippen LogP contribution in [0.2, 0.25) is 0 Å². The topological polar surface area (TPSA) is 33.0 Å². The maximum absolute atomic E-state index is 13.2. The van der Waals surface area contributed by atoms with Crippen LogP contribution in [0.3, 0.4) is 0 Å². The number of hydrogen-bond donors (Lipinski definition) is 0. The Hall–Kier alpha value is -2.34. The van der Waals surface area contributed by atoms with E-state index < -0.39 is 5.82 Å². The number of halogens is 1. The molecule has 0 saturated heterocycles. The van der Waals surface area contributed by atoms with Gasteiger partial charge in [0, 0.05) is 6.42 Å². The van der Waals surface area contributed by atoms with E-state index in [1.54, 1.807) is 19.2 Å². The molecule has 0 bridgehead atoms. The third-order valence-electron chi connectivity index (χ3n) is 2.74. The van der Waals surface area contributed by atoms with Gasteiger partial charge in [-0.3, -0.25) is 0 Å². The van der Waals surface area contributed by atoms with Gasteiger partial charge in [0.15, 0.2) is 0 Å². The first-order valence-corrected chi connectivity index (χ1v) is 5.55. The molecule has 0 aliphatic rings. The van der Waals surface area contributed by atoms with Crippen molar-refractivity contribution in [3.05, 3.63) is 65.0 Å². The smallest absolute Gasteiger partial charge is 0.140 e. The molecule has 0 fully saturated rings. The van der Waals surface area contributed by atoms with Crippen molar-refractivity contribution in [1.29, 1.82) is 5.26 Å². The van der Waals surface area contributed by atoms with E-state index in [9.17, 15) is 4.39 Å². The molecule has 3 heteroatoms. The normalized spacial score (nSPS) is 9.83. The predicted octanol–water partition coefficient (Wildman–Crippen LogP) is 3.30. The third-order valence-corrected chi connectivity index (χ3v) is 2.74. The summed E-state index contributed by atoms with van der Waals surface area (Å²) in [5.74, 6) is 0.307. The lowest BCUT2D eigenvalue weighted by molar-refractivity contribution is 0.410. The van der Waals surface area contributed by atoms with Crippen molar-refractivity contribution in [2.45, 2.75) is 6.42 Å². The van der Waals surface area contributed by atoms with E-state index in [0.717, 1.165) is 16.9 Å². The van der Waals surface area contributed by atoms with E-state index in [-0.39, 0.29) is 5.56 Å². The Balaban J connectivity index is 2.32. The third kappa shape index (κ3) is 2.49. The van der Waals surface area contributed by atoms with Crippen molar-refractivity contribution < 1.29 is 9.13 Å². The number of hydrogen-bond acceptors (Lipinski definition) is 2. The highest BCUT2D eigenvalue weighted by molar-refractivity contribution is 5.40. The molecule has 0 unspecified atom stereocenters. The molecule has 2 aromatic carbocycles. The van der Waals surface area contributed by atoms with Crippen LogP contribution in [0.15, 0.2) is 42.5 Å². The second-order valence-electron chi connectivity index (χ2n) is 3.91. The quantitative estimate of drug-likeness (QED) is 0.826. The summed E-state index contributed by atoms with van der Waals surface area (Å²) >= 11 is 0. The van der Waals surface area contributed by atoms with Gasteiger partial charge in [0.1, 0.15) is 17.6 Å². The number of para-hydroxylation sites is 1. The number of nitriles is 1. The fourth-order valence-electron chi connectivity index (χ4n) is 1.84. The SMILES string of the molecule is COc1ccccc1Cc1ccc(F)c(C#N)c1. The molecular formula is C15H12FNO. The van der Waals surface area contributed by atoms with Gasteiger partial charge < -0.3 is 4.74 Å². The molecule has 2 rings (SSSR count). The van der Waals surface area contributed by atoms with Gasteiger partial charge in [-0.2, -0.15) is 5.26 Å². The largest absolute Gasteiger partial charge is 0.496 e. The van der Waals surface area contributed by atoms with Gasteiger partial charge in [-0.05, 0) is 29.3 Å². The summed E-state index contributed by atoms with van der Waals surface area (Å²) in [5.41, 5.74) is 1.97. The molecule has 0 aliphatic carbocycles. The van der Waals surface area contributed by atoms with Crippen molar-refractivity contribution in [2.75, 3.05) is 7.11 Å². The summed E-state index contributed by atoms with van der Waals surface area (Å²) in [7, 11) is 1.62. The Morgan fingerprint density at radius 2 is 2.00 bits per heavy atom. The van der Waals surface area contributed by atoms with Crippen LogP contribution < -0.4 is 4.74 Å². The van der Waals surface area contributed by atoms with Crippen LogP contribution in [0.1, 0.15) is 16.7 Å². The minimum Gasteiger partial charge on any atom is -0.496 e. The zero-order chi connectivity index (χ0) is 13.0. The fourth-order valence-corrected chi connectivity index (χ4v) is 1.84. The molecule has 0 heterocycles. The summed E-state index contributed by atoms with van der Waals surface area (Å²) in [6.07, 6.45) is 0.610. The fraction of sp³-hybridized carbons (Fsp3) is 0.133. The first-order chi connectivity index (χ1) is 8.74. The molecule has 0 N–H and O–H groups in total. The second-order valence-corrected chi connectivity index (χ2v) is 3.91. The first-order valence-electron chi connectivity index (χ1n) is 5.55. The van der Waals surface area contributed by atoms with Gasteiger partial charge in [0.2, 0.25) is 0 Å². The van der Waals surface area contributed by atoms with Gasteiger partial charge in [-0.1, -0.05) is 24.3 Å². The molecule has 90 valence electrons. The van der Waals surface area contributed by atoms with Crippen molar-refractivity contribution in [2.24, 2.45) is 0 Å². The summed E-state index contributed by atoms with van der Waals surface area (Å²) in [6.45, 7) is 0. The van der Waals surface area contributed by atoms with E-state index in [1.807, 2.05) is 30.3 Å². The van der Waals surface area contributed by atoms with Crippen molar-refractivity contribution in [3.8, 4) is 11.8 Å². The molecule has 0 amide bonds. The molecule has 2 aromatic rings. The van der Waals surface area contributed by atoms with Crippen LogP contribution in [0, 0.1) is 17.1 Å². The van der Waals surface area contributed by atoms with Crippen LogP contribution in [0.4, 0.5) is 4.39 Å². The molecule has 0 aromatic heterocycles. The molecule has 0 saturated carbocycles. The lowest BCUT2D eigenvalue weighted by Gasteiger charge is -2.08. The molecule has 2 nitrogen and oxygen atoms in total. The van der Waals surface area contributed by atoms with Crippen molar-refractivity contribution >= 4 is 0 Å². The van der Waals surface area contributed by atoms with Crippen LogP contribution in [0.5, 0.6) is 5.75 Å². The summed E-state index contributed by atoms with van der Waals surface area (Å²) in [4.78, 5) is 0. The summed E-state index contributed by atoms with van der Waals surface area (Å²) in [6, 6.07) is 14.1. The predicted molar refractivity (Wildman–Crippen MR) is 66.9 cm³/mol. The molecule has 0 aliphatic heterocycles. The zero-order valence-electron chi connectivity index (χ0n) is 9.98. The van der Waals surface area contributed by atoms with E-state index in [2.05, 4.69) is 0 Å². The van der Waals surface area contributed by atoms with Gasteiger partial charge >= 0.3 is 0 Å². The molecule has 18 heavy (non-hydrogen) atoms. The van der Waals surface area contributed by atoms with E-state index in [1.165, 1.54) is 6.07 Å². The Morgan fingerprint density at radius 3 is 2.72 bits per heavy atom. The highest BCUT2D eigenvalue weighted by Crippen LogP contribution is 2.21. The Labute approximate surface area is 105 Å². The van der Waals surface area contributed by atoms with E-state index in [4.69, 9.17) is 10.00 Å². The number of nitrogens with zero attached hydrogens (tertiary/aromatic N) is 1. The monoisotopic (exact) mass is 241 g/mol. The van der Waals surface area contributed by atoms with Gasteiger partial charge in [0.05, 0.1) is 12.7 Å². The Kier molecular flexibility index (Phi) is 3.59. The lowest BCUT2D eigenvalue weighted by Crippen LogP contribution is -1.95. The van der Waals surface area contributed by atoms with Gasteiger partial charge in [-0.25, -0.2) is 4.39 Å². The number of rotatable bonds is 3. The summed E-state index contributed by atoms with van der Waals surface area (Å²) in [5, 5.41) is 8.80. The molecule has 0 spiro atoms. The maximum atomic E-state index is 13.2. The van der Waals surface area contributed by atoms with Crippen molar-refractivity contribution in [1.82, 2.24) is 0 Å². The summed E-state index contributed by atoms with van der Waals surface area (Å²) < 4.78 is 18.5. The second kappa shape index (κ2) is 5.33. The minimum atomic E-state index is -0.485. The number of methoxy groups -OCH3 is 1. The van der Waals surface area contributed by atoms with Crippen LogP contribution in [0.25, 0.3) is 0 Å². The minimum absolute atomic E-state index is 0.0717. The van der Waals surface area contributed by atoms with Crippen molar-refractivity contribution in [3.63, 3.8) is 0 Å². The standard InChI is InChI=1S/C15H12FNO/c1-18-15-5-3-2-4-12(15)8-11-6-7-14(16)13(9-11)10-17/h2-7,9H,8H2,1H3. The highest BCUT2D eigenvalue weighted by Gasteiger charge is 2.06. The van der Waals surface area contributed by atoms with E-state index >= 15 is 0 Å². The number of benzene rings is 2. The lowest BCUT2D eigenvalue weighted by atomic mass is 10.0. The Morgan fingerprint density at radius 1 is 1.22 bits per heavy atom. The molecular weight excluding hydrogens is 229 g/mol. The van der Waals surface area contributed by atoms with E-state index in [0.29, 0.717) is 6.42 Å². The molecule has 0 atom stereocenters. The van der Waals surface area contributed by atoms with Crippen LogP contribution in [-0.2, 0) is 6.42 Å². The van der Waals surface area contributed by atoms with Gasteiger partial charge in [-0.15, -0.1) is 0 Å². The van der Waals surface area contributed by atoms with Crippen LogP contribution >= 0.6 is 0 Å². The molecule has 0 radical (unpaired) electrons. The van der Waals surface area contributed by atoms with Gasteiger partial charge in [0.25, 0.3) is 0 Å². The maximum Gasteiger partial charge on any atom is 0.140 e. The average Bonchev–Trinajstić information content (AvgIpc) is 2.41. The highest BCUT2D eigenvalue weighted by atomic mass is 19.1. The number of ether oxygens (including phenoxy) is 1. The van der Waals surface area contributed by atoms with Crippen LogP contribution in [-0.4, -0.2) is 7.11 Å². The average molecular weight is 241 g/mol.